The number of hydrogen-bond acceptors (Lipinski definition) is 5. The van der Waals surface area contributed by atoms with Crippen molar-refractivity contribution in [3.05, 3.63) is 58.7 Å². The Balaban J connectivity index is 1.82. The SMILES string of the molecule is Cc1ccc(Nc2nc(-c3ccc(NS(C)(=O)=O)cc3)c(C)s2)cc1F. The first-order valence-corrected chi connectivity index (χ1v) is 10.5. The van der Waals surface area contributed by atoms with Crippen molar-refractivity contribution >= 4 is 37.9 Å². The number of rotatable bonds is 5. The highest BCUT2D eigenvalue weighted by Crippen LogP contribution is 2.32. The van der Waals surface area contributed by atoms with E-state index in [0.29, 0.717) is 22.1 Å². The standard InChI is InChI=1S/C18H18FN3O2S2/c1-11-4-7-15(10-16(11)19)20-18-21-17(12(2)25-18)13-5-8-14(9-6-13)22-26(3,23)24/h4-10,22H,1-3H3,(H,20,21). The van der Waals surface area contributed by atoms with Crippen molar-refractivity contribution in [3.63, 3.8) is 0 Å². The number of nitrogens with one attached hydrogen (secondary N) is 2. The lowest BCUT2D eigenvalue weighted by molar-refractivity contribution is 0.607. The number of benzene rings is 2. The lowest BCUT2D eigenvalue weighted by Gasteiger charge is -2.05. The molecule has 1 aromatic heterocycles. The van der Waals surface area contributed by atoms with Crippen LogP contribution in [-0.2, 0) is 10.0 Å². The van der Waals surface area contributed by atoms with Crippen molar-refractivity contribution in [2.45, 2.75) is 13.8 Å². The van der Waals surface area contributed by atoms with Crippen LogP contribution in [0.25, 0.3) is 11.3 Å². The molecule has 0 amide bonds. The molecule has 0 spiro atoms. The topological polar surface area (TPSA) is 71.1 Å². The molecule has 0 saturated carbocycles. The van der Waals surface area contributed by atoms with Gasteiger partial charge in [-0.25, -0.2) is 17.8 Å². The molecule has 3 rings (SSSR count). The quantitative estimate of drug-likeness (QED) is 0.662. The van der Waals surface area contributed by atoms with Gasteiger partial charge in [0.25, 0.3) is 0 Å². The fraction of sp³-hybridized carbons (Fsp3) is 0.167. The maximum Gasteiger partial charge on any atom is 0.229 e. The predicted octanol–water partition coefficient (Wildman–Crippen LogP) is 4.68. The summed E-state index contributed by atoms with van der Waals surface area (Å²) in [5.41, 5.74) is 3.41. The molecule has 2 N–H and O–H groups in total. The molecule has 0 fully saturated rings. The summed E-state index contributed by atoms with van der Waals surface area (Å²) in [5.74, 6) is -0.266. The van der Waals surface area contributed by atoms with E-state index >= 15 is 0 Å². The zero-order valence-electron chi connectivity index (χ0n) is 14.5. The van der Waals surface area contributed by atoms with Gasteiger partial charge >= 0.3 is 0 Å². The molecular formula is C18H18FN3O2S2. The summed E-state index contributed by atoms with van der Waals surface area (Å²) < 4.78 is 38.7. The molecule has 0 radical (unpaired) electrons. The normalized spacial score (nSPS) is 11.4. The monoisotopic (exact) mass is 391 g/mol. The highest BCUT2D eigenvalue weighted by molar-refractivity contribution is 7.92. The van der Waals surface area contributed by atoms with Crippen LogP contribution in [0.3, 0.4) is 0 Å². The van der Waals surface area contributed by atoms with E-state index in [1.165, 1.54) is 17.4 Å². The van der Waals surface area contributed by atoms with Gasteiger partial charge in [-0.3, -0.25) is 4.72 Å². The highest BCUT2D eigenvalue weighted by atomic mass is 32.2. The van der Waals surface area contributed by atoms with Crippen molar-refractivity contribution in [1.29, 1.82) is 0 Å². The average molecular weight is 391 g/mol. The Bertz CT molecular complexity index is 1040. The van der Waals surface area contributed by atoms with Crippen molar-refractivity contribution in [1.82, 2.24) is 4.98 Å². The van der Waals surface area contributed by atoms with E-state index in [1.54, 1.807) is 31.2 Å². The Kier molecular flexibility index (Phi) is 4.97. The minimum atomic E-state index is -3.30. The summed E-state index contributed by atoms with van der Waals surface area (Å²) in [4.78, 5) is 5.58. The number of halogens is 1. The van der Waals surface area contributed by atoms with Crippen molar-refractivity contribution in [2.24, 2.45) is 0 Å². The van der Waals surface area contributed by atoms with E-state index < -0.39 is 10.0 Å². The molecule has 8 heteroatoms. The smallest absolute Gasteiger partial charge is 0.229 e. The maximum absolute atomic E-state index is 13.7. The van der Waals surface area contributed by atoms with Crippen LogP contribution in [0.2, 0.25) is 0 Å². The zero-order valence-corrected chi connectivity index (χ0v) is 16.1. The van der Waals surface area contributed by atoms with Crippen molar-refractivity contribution in [2.75, 3.05) is 16.3 Å². The second kappa shape index (κ2) is 7.05. The van der Waals surface area contributed by atoms with E-state index in [4.69, 9.17) is 0 Å². The van der Waals surface area contributed by atoms with Gasteiger partial charge in [0.2, 0.25) is 10.0 Å². The van der Waals surface area contributed by atoms with Crippen LogP contribution in [0.4, 0.5) is 20.9 Å². The maximum atomic E-state index is 13.7. The molecule has 5 nitrogen and oxygen atoms in total. The summed E-state index contributed by atoms with van der Waals surface area (Å²) in [5, 5.41) is 3.79. The molecule has 0 aliphatic carbocycles. The molecule has 136 valence electrons. The van der Waals surface area contributed by atoms with E-state index in [-0.39, 0.29) is 5.82 Å². The molecule has 0 unspecified atom stereocenters. The largest absolute Gasteiger partial charge is 0.331 e. The number of hydrogen-bond donors (Lipinski definition) is 2. The van der Waals surface area contributed by atoms with Crippen LogP contribution in [0.15, 0.2) is 42.5 Å². The highest BCUT2D eigenvalue weighted by Gasteiger charge is 2.11. The fourth-order valence-corrected chi connectivity index (χ4v) is 3.84. The minimum Gasteiger partial charge on any atom is -0.331 e. The van der Waals surface area contributed by atoms with Gasteiger partial charge in [0.15, 0.2) is 5.13 Å². The molecule has 0 saturated heterocycles. The van der Waals surface area contributed by atoms with Crippen LogP contribution in [-0.4, -0.2) is 19.7 Å². The summed E-state index contributed by atoms with van der Waals surface area (Å²) in [6.45, 7) is 3.67. The second-order valence-electron chi connectivity index (χ2n) is 5.96. The Hall–Kier alpha value is -2.45. The van der Waals surface area contributed by atoms with E-state index in [2.05, 4.69) is 15.0 Å². The van der Waals surface area contributed by atoms with Gasteiger partial charge in [-0.15, -0.1) is 11.3 Å². The summed E-state index contributed by atoms with van der Waals surface area (Å²) >= 11 is 1.47. The number of aromatic nitrogens is 1. The number of anilines is 3. The number of nitrogens with zero attached hydrogens (tertiary/aromatic N) is 1. The third kappa shape index (κ3) is 4.39. The third-order valence-corrected chi connectivity index (χ3v) is 5.17. The molecule has 3 aromatic rings. The Morgan fingerprint density at radius 1 is 1.04 bits per heavy atom. The van der Waals surface area contributed by atoms with Gasteiger partial charge in [-0.2, -0.15) is 0 Å². The minimum absolute atomic E-state index is 0.266. The first-order chi connectivity index (χ1) is 12.2. The molecular weight excluding hydrogens is 373 g/mol. The van der Waals surface area contributed by atoms with Crippen molar-refractivity contribution in [3.8, 4) is 11.3 Å². The predicted molar refractivity (Wildman–Crippen MR) is 105 cm³/mol. The summed E-state index contributed by atoms with van der Waals surface area (Å²) in [7, 11) is -3.30. The molecule has 0 atom stereocenters. The molecule has 0 aliphatic heterocycles. The van der Waals surface area contributed by atoms with Gasteiger partial charge in [0.05, 0.1) is 11.9 Å². The van der Waals surface area contributed by atoms with Gasteiger partial charge in [-0.05, 0) is 43.7 Å². The fourth-order valence-electron chi connectivity index (χ4n) is 2.42. The molecule has 1 heterocycles. The lowest BCUT2D eigenvalue weighted by Crippen LogP contribution is -2.09. The zero-order chi connectivity index (χ0) is 18.9. The van der Waals surface area contributed by atoms with E-state index in [1.807, 2.05) is 19.1 Å². The van der Waals surface area contributed by atoms with Gasteiger partial charge in [0.1, 0.15) is 5.82 Å². The second-order valence-corrected chi connectivity index (χ2v) is 8.92. The molecule has 0 bridgehead atoms. The Morgan fingerprint density at radius 2 is 1.69 bits per heavy atom. The van der Waals surface area contributed by atoms with E-state index in [0.717, 1.165) is 22.4 Å². The van der Waals surface area contributed by atoms with Crippen LogP contribution in [0, 0.1) is 19.7 Å². The average Bonchev–Trinajstić information content (AvgIpc) is 2.91. The van der Waals surface area contributed by atoms with Crippen molar-refractivity contribution < 1.29 is 12.8 Å². The molecule has 26 heavy (non-hydrogen) atoms. The number of thiazole rings is 1. The molecule has 0 aliphatic rings. The van der Waals surface area contributed by atoms with Crippen LogP contribution >= 0.6 is 11.3 Å². The number of aryl methyl sites for hydroxylation is 2. The first kappa shape index (κ1) is 18.3. The lowest BCUT2D eigenvalue weighted by atomic mass is 10.1. The van der Waals surface area contributed by atoms with Gasteiger partial charge in [-0.1, -0.05) is 18.2 Å². The molecule has 2 aromatic carbocycles. The summed E-state index contributed by atoms with van der Waals surface area (Å²) in [6.07, 6.45) is 1.11. The Morgan fingerprint density at radius 3 is 2.31 bits per heavy atom. The summed E-state index contributed by atoms with van der Waals surface area (Å²) in [6, 6.07) is 12.0. The van der Waals surface area contributed by atoms with E-state index in [9.17, 15) is 12.8 Å². The Labute approximate surface area is 156 Å². The van der Waals surface area contributed by atoms with Gasteiger partial charge in [0, 0.05) is 21.8 Å². The van der Waals surface area contributed by atoms with Crippen LogP contribution in [0.1, 0.15) is 10.4 Å². The van der Waals surface area contributed by atoms with Gasteiger partial charge < -0.3 is 5.32 Å². The van der Waals surface area contributed by atoms with Crippen LogP contribution < -0.4 is 10.0 Å². The third-order valence-electron chi connectivity index (χ3n) is 3.68. The van der Waals surface area contributed by atoms with Crippen LogP contribution in [0.5, 0.6) is 0 Å². The first-order valence-electron chi connectivity index (χ1n) is 7.80. The number of sulfonamides is 1.